The number of hydrogen-bond donors (Lipinski definition) is 0. The van der Waals surface area contributed by atoms with Crippen LogP contribution in [0.15, 0.2) is 29.2 Å². The van der Waals surface area contributed by atoms with Crippen LogP contribution in [0.25, 0.3) is 0 Å². The Morgan fingerprint density at radius 2 is 1.88 bits per heavy atom. The second-order valence-corrected chi connectivity index (χ2v) is 9.06. The van der Waals surface area contributed by atoms with Crippen molar-refractivity contribution >= 4 is 10.0 Å². The molecule has 1 saturated heterocycles. The molecule has 2 fully saturated rings. The lowest BCUT2D eigenvalue weighted by Gasteiger charge is -2.31. The largest absolute Gasteiger partial charge is 0.487 e. The summed E-state index contributed by atoms with van der Waals surface area (Å²) in [6.07, 6.45) is 3.96. The van der Waals surface area contributed by atoms with E-state index in [1.54, 1.807) is 22.5 Å². The SMILES string of the molecule is CCN1CC[C@@H]2Oc3ccccc3S(=O)(=O)N(CC3CC3)[C@H]2CC1. The maximum Gasteiger partial charge on any atom is 0.247 e. The van der Waals surface area contributed by atoms with E-state index < -0.39 is 10.0 Å². The average Bonchev–Trinajstić information content (AvgIpc) is 3.40. The molecule has 1 aliphatic carbocycles. The molecule has 1 aromatic rings. The van der Waals surface area contributed by atoms with Crippen LogP contribution in [0.2, 0.25) is 0 Å². The summed E-state index contributed by atoms with van der Waals surface area (Å²) < 4.78 is 34.7. The Balaban J connectivity index is 1.75. The van der Waals surface area contributed by atoms with Crippen LogP contribution in [-0.4, -0.2) is 55.9 Å². The van der Waals surface area contributed by atoms with E-state index in [0.717, 1.165) is 45.3 Å². The number of para-hydroxylation sites is 1. The van der Waals surface area contributed by atoms with Gasteiger partial charge in [-0.2, -0.15) is 4.31 Å². The van der Waals surface area contributed by atoms with E-state index in [-0.39, 0.29) is 12.1 Å². The normalized spacial score (nSPS) is 30.5. The van der Waals surface area contributed by atoms with Gasteiger partial charge < -0.3 is 9.64 Å². The van der Waals surface area contributed by atoms with Crippen LogP contribution < -0.4 is 4.74 Å². The summed E-state index contributed by atoms with van der Waals surface area (Å²) in [7, 11) is -3.50. The molecule has 6 heteroatoms. The predicted octanol–water partition coefficient (Wildman–Crippen LogP) is 2.33. The molecule has 2 heterocycles. The van der Waals surface area contributed by atoms with E-state index in [2.05, 4.69) is 11.8 Å². The van der Waals surface area contributed by atoms with Crippen molar-refractivity contribution in [3.8, 4) is 5.75 Å². The lowest BCUT2D eigenvalue weighted by molar-refractivity contribution is 0.111. The van der Waals surface area contributed by atoms with E-state index in [1.165, 1.54) is 0 Å². The van der Waals surface area contributed by atoms with E-state index in [9.17, 15) is 8.42 Å². The van der Waals surface area contributed by atoms with Gasteiger partial charge in [0.05, 0.1) is 6.04 Å². The molecule has 0 spiro atoms. The molecule has 2 aliphatic heterocycles. The van der Waals surface area contributed by atoms with Gasteiger partial charge in [-0.3, -0.25) is 0 Å². The number of likely N-dealkylation sites (tertiary alicyclic amines) is 1. The number of hydrogen-bond acceptors (Lipinski definition) is 4. The van der Waals surface area contributed by atoms with Gasteiger partial charge in [0.15, 0.2) is 0 Å². The van der Waals surface area contributed by atoms with Gasteiger partial charge in [-0.05, 0) is 56.8 Å². The van der Waals surface area contributed by atoms with Gasteiger partial charge in [-0.15, -0.1) is 0 Å². The topological polar surface area (TPSA) is 49.9 Å². The first kappa shape index (κ1) is 16.4. The van der Waals surface area contributed by atoms with E-state index in [0.29, 0.717) is 23.1 Å². The van der Waals surface area contributed by atoms with Gasteiger partial charge in [0.1, 0.15) is 16.7 Å². The molecule has 1 aromatic carbocycles. The van der Waals surface area contributed by atoms with Crippen molar-refractivity contribution < 1.29 is 13.2 Å². The molecule has 0 amide bonds. The first-order valence-corrected chi connectivity index (χ1v) is 10.5. The highest BCUT2D eigenvalue weighted by molar-refractivity contribution is 7.89. The Bertz CT molecular complexity index is 702. The fourth-order valence-electron chi connectivity index (χ4n) is 3.91. The number of rotatable bonds is 3. The minimum Gasteiger partial charge on any atom is -0.487 e. The Morgan fingerprint density at radius 3 is 2.62 bits per heavy atom. The summed E-state index contributed by atoms with van der Waals surface area (Å²) in [5.74, 6) is 1.05. The summed E-state index contributed by atoms with van der Waals surface area (Å²) in [5.41, 5.74) is 0. The summed E-state index contributed by atoms with van der Waals surface area (Å²) in [5, 5.41) is 0. The van der Waals surface area contributed by atoms with Crippen molar-refractivity contribution in [3.05, 3.63) is 24.3 Å². The molecule has 0 radical (unpaired) electrons. The molecule has 3 aliphatic rings. The van der Waals surface area contributed by atoms with Crippen molar-refractivity contribution in [1.82, 2.24) is 9.21 Å². The van der Waals surface area contributed by atoms with Crippen molar-refractivity contribution in [3.63, 3.8) is 0 Å². The van der Waals surface area contributed by atoms with Crippen LogP contribution in [-0.2, 0) is 10.0 Å². The summed E-state index contributed by atoms with van der Waals surface area (Å²) in [4.78, 5) is 2.73. The number of benzene rings is 1. The first-order valence-electron chi connectivity index (χ1n) is 9.09. The predicted molar refractivity (Wildman–Crippen MR) is 92.6 cm³/mol. The molecule has 0 unspecified atom stereocenters. The number of ether oxygens (including phenoxy) is 1. The molecular formula is C18H26N2O3S. The minimum atomic E-state index is -3.50. The Kier molecular flexibility index (Phi) is 4.31. The first-order chi connectivity index (χ1) is 11.6. The average molecular weight is 350 g/mol. The van der Waals surface area contributed by atoms with Crippen molar-refractivity contribution in [1.29, 1.82) is 0 Å². The third-order valence-corrected chi connectivity index (χ3v) is 7.50. The van der Waals surface area contributed by atoms with Gasteiger partial charge in [0, 0.05) is 13.1 Å². The molecule has 4 rings (SSSR count). The van der Waals surface area contributed by atoms with Crippen LogP contribution in [0.3, 0.4) is 0 Å². The van der Waals surface area contributed by atoms with Crippen molar-refractivity contribution in [2.45, 2.75) is 49.6 Å². The highest BCUT2D eigenvalue weighted by Crippen LogP contribution is 2.39. The Labute approximate surface area is 144 Å². The van der Waals surface area contributed by atoms with Crippen LogP contribution in [0, 0.1) is 5.92 Å². The molecule has 0 bridgehead atoms. The molecule has 0 aromatic heterocycles. The Hall–Kier alpha value is -1.11. The van der Waals surface area contributed by atoms with Crippen molar-refractivity contribution in [2.24, 2.45) is 5.92 Å². The van der Waals surface area contributed by atoms with Crippen LogP contribution in [0.1, 0.15) is 32.6 Å². The zero-order valence-corrected chi connectivity index (χ0v) is 15.0. The van der Waals surface area contributed by atoms with Crippen LogP contribution in [0.5, 0.6) is 5.75 Å². The number of fused-ring (bicyclic) bond motifs is 2. The highest BCUT2D eigenvalue weighted by Gasteiger charge is 2.44. The summed E-state index contributed by atoms with van der Waals surface area (Å²) in [6.45, 7) is 5.72. The second-order valence-electron chi connectivity index (χ2n) is 7.20. The van der Waals surface area contributed by atoms with E-state index >= 15 is 0 Å². The third kappa shape index (κ3) is 2.95. The smallest absolute Gasteiger partial charge is 0.247 e. The standard InChI is InChI=1S/C18H26N2O3S/c1-2-19-11-9-15-16(10-12-19)23-17-5-3-4-6-18(17)24(21,22)20(15)13-14-7-8-14/h3-6,14-16H,2,7-13H2,1H3/t15-,16-/m0/s1. The maximum absolute atomic E-state index is 13.3. The lowest BCUT2D eigenvalue weighted by atomic mass is 10.1. The molecule has 1 saturated carbocycles. The fraction of sp³-hybridized carbons (Fsp3) is 0.667. The lowest BCUT2D eigenvalue weighted by Crippen LogP contribution is -2.48. The van der Waals surface area contributed by atoms with Gasteiger partial charge in [-0.1, -0.05) is 19.1 Å². The van der Waals surface area contributed by atoms with E-state index in [4.69, 9.17) is 4.74 Å². The fourth-order valence-corrected chi connectivity index (χ4v) is 5.79. The quantitative estimate of drug-likeness (QED) is 0.840. The molecule has 0 N–H and O–H groups in total. The van der Waals surface area contributed by atoms with Crippen LogP contribution in [0.4, 0.5) is 0 Å². The van der Waals surface area contributed by atoms with Crippen LogP contribution >= 0.6 is 0 Å². The van der Waals surface area contributed by atoms with Gasteiger partial charge in [0.25, 0.3) is 0 Å². The zero-order chi connectivity index (χ0) is 16.7. The molecular weight excluding hydrogens is 324 g/mol. The van der Waals surface area contributed by atoms with Crippen molar-refractivity contribution in [2.75, 3.05) is 26.2 Å². The molecule has 2 atom stereocenters. The Morgan fingerprint density at radius 1 is 1.12 bits per heavy atom. The summed E-state index contributed by atoms with van der Waals surface area (Å²) >= 11 is 0. The second kappa shape index (κ2) is 6.32. The number of nitrogens with zero attached hydrogens (tertiary/aromatic N) is 2. The van der Waals surface area contributed by atoms with Gasteiger partial charge in [0.2, 0.25) is 10.0 Å². The molecule has 5 nitrogen and oxygen atoms in total. The third-order valence-electron chi connectivity index (χ3n) is 5.57. The number of sulfonamides is 1. The zero-order valence-electron chi connectivity index (χ0n) is 14.2. The molecule has 132 valence electrons. The maximum atomic E-state index is 13.3. The minimum absolute atomic E-state index is 0.0560. The van der Waals surface area contributed by atoms with E-state index in [1.807, 2.05) is 6.07 Å². The monoisotopic (exact) mass is 350 g/mol. The van der Waals surface area contributed by atoms with Gasteiger partial charge in [-0.25, -0.2) is 8.42 Å². The highest BCUT2D eigenvalue weighted by atomic mass is 32.2. The summed E-state index contributed by atoms with van der Waals surface area (Å²) in [6, 6.07) is 7.07. The van der Waals surface area contributed by atoms with Gasteiger partial charge >= 0.3 is 0 Å². The molecule has 24 heavy (non-hydrogen) atoms.